The molecule has 0 spiro atoms. The molecule has 0 saturated heterocycles. The number of rotatable bonds is 5. The normalized spacial score (nSPS) is 13.0. The fourth-order valence-electron chi connectivity index (χ4n) is 1.05. The molecule has 16 heavy (non-hydrogen) atoms. The molecular weight excluding hydrogens is 230 g/mol. The Morgan fingerprint density at radius 3 is 2.62 bits per heavy atom. The average molecular weight is 247 g/mol. The Bertz CT molecular complexity index is 450. The van der Waals surface area contributed by atoms with E-state index in [-0.39, 0.29) is 18.2 Å². The van der Waals surface area contributed by atoms with Crippen molar-refractivity contribution < 1.29 is 13.5 Å². The van der Waals surface area contributed by atoms with Gasteiger partial charge >= 0.3 is 0 Å². The van der Waals surface area contributed by atoms with Gasteiger partial charge in [0.05, 0.1) is 6.20 Å². The van der Waals surface area contributed by atoms with Crippen LogP contribution in [0.25, 0.3) is 0 Å². The number of aliphatic hydroxyl groups excluding tert-OH is 1. The summed E-state index contributed by atoms with van der Waals surface area (Å²) in [6.45, 7) is 3.65. The van der Waals surface area contributed by atoms with Crippen molar-refractivity contribution in [1.82, 2.24) is 14.5 Å². The van der Waals surface area contributed by atoms with E-state index < -0.39 is 15.4 Å². The maximum Gasteiger partial charge on any atom is 0.257 e. The van der Waals surface area contributed by atoms with Crippen molar-refractivity contribution in [1.29, 1.82) is 0 Å². The number of nitrogens with zero attached hydrogens (tertiary/aromatic N) is 2. The van der Waals surface area contributed by atoms with Gasteiger partial charge in [-0.1, -0.05) is 13.8 Å². The van der Waals surface area contributed by atoms with Gasteiger partial charge in [-0.25, -0.2) is 13.1 Å². The van der Waals surface area contributed by atoms with Gasteiger partial charge in [0.1, 0.15) is 0 Å². The third kappa shape index (κ3) is 3.03. The van der Waals surface area contributed by atoms with Crippen molar-refractivity contribution in [3.05, 3.63) is 12.3 Å². The van der Waals surface area contributed by atoms with E-state index in [0.717, 1.165) is 0 Å². The number of aliphatic hydroxyl groups is 1. The van der Waals surface area contributed by atoms with E-state index in [1.54, 1.807) is 20.9 Å². The van der Waals surface area contributed by atoms with Gasteiger partial charge in [-0.2, -0.15) is 5.10 Å². The zero-order valence-electron chi connectivity index (χ0n) is 9.64. The van der Waals surface area contributed by atoms with E-state index in [1.807, 2.05) is 0 Å². The third-order valence-electron chi connectivity index (χ3n) is 2.22. The van der Waals surface area contributed by atoms with E-state index in [4.69, 9.17) is 5.11 Å². The van der Waals surface area contributed by atoms with Gasteiger partial charge in [0, 0.05) is 25.6 Å². The molecule has 92 valence electrons. The molecule has 0 fully saturated rings. The molecule has 1 aromatic heterocycles. The highest BCUT2D eigenvalue weighted by Crippen LogP contribution is 2.13. The van der Waals surface area contributed by atoms with Crippen LogP contribution in [-0.2, 0) is 17.1 Å². The second-order valence-corrected chi connectivity index (χ2v) is 6.15. The fraction of sp³-hybridized carbons (Fsp3) is 0.667. The molecule has 2 N–H and O–H groups in total. The number of sulfonamides is 1. The summed E-state index contributed by atoms with van der Waals surface area (Å²) >= 11 is 0. The molecular formula is C9H17N3O3S. The molecule has 0 amide bonds. The Labute approximate surface area is 95.3 Å². The zero-order chi connectivity index (χ0) is 12.4. The van der Waals surface area contributed by atoms with Gasteiger partial charge in [-0.15, -0.1) is 0 Å². The Balaban J connectivity index is 2.79. The molecule has 1 aromatic rings. The number of aryl methyl sites for hydroxylation is 1. The maximum absolute atomic E-state index is 11.8. The summed E-state index contributed by atoms with van der Waals surface area (Å²) in [4.78, 5) is 0. The van der Waals surface area contributed by atoms with Crippen LogP contribution in [0.2, 0.25) is 0 Å². The van der Waals surface area contributed by atoms with Crippen molar-refractivity contribution in [3.8, 4) is 0 Å². The van der Waals surface area contributed by atoms with E-state index in [9.17, 15) is 8.42 Å². The summed E-state index contributed by atoms with van der Waals surface area (Å²) in [6.07, 6.45) is 1.42. The number of nitrogens with one attached hydrogen (secondary N) is 1. The van der Waals surface area contributed by atoms with Crippen molar-refractivity contribution in [2.45, 2.75) is 18.9 Å². The minimum atomic E-state index is -3.55. The Morgan fingerprint density at radius 2 is 2.19 bits per heavy atom. The average Bonchev–Trinajstić information content (AvgIpc) is 2.63. The largest absolute Gasteiger partial charge is 0.396 e. The third-order valence-corrected chi connectivity index (χ3v) is 3.70. The number of hydrogen-bond donors (Lipinski definition) is 2. The van der Waals surface area contributed by atoms with Crippen LogP contribution in [0, 0.1) is 5.41 Å². The first-order chi connectivity index (χ1) is 7.28. The van der Waals surface area contributed by atoms with Gasteiger partial charge < -0.3 is 5.11 Å². The first kappa shape index (κ1) is 13.1. The molecule has 0 aliphatic carbocycles. The van der Waals surface area contributed by atoms with E-state index in [1.165, 1.54) is 16.9 Å². The minimum absolute atomic E-state index is 0.0824. The summed E-state index contributed by atoms with van der Waals surface area (Å²) < 4.78 is 27.4. The molecule has 6 nitrogen and oxygen atoms in total. The molecule has 0 bridgehead atoms. The van der Waals surface area contributed by atoms with E-state index >= 15 is 0 Å². The summed E-state index contributed by atoms with van der Waals surface area (Å²) in [5.41, 5.74) is -0.480. The fourth-order valence-corrected chi connectivity index (χ4v) is 2.41. The molecule has 0 aliphatic heterocycles. The lowest BCUT2D eigenvalue weighted by atomic mass is 9.96. The van der Waals surface area contributed by atoms with Crippen LogP contribution in [0.3, 0.4) is 0 Å². The number of hydrogen-bond acceptors (Lipinski definition) is 4. The second-order valence-electron chi connectivity index (χ2n) is 4.44. The van der Waals surface area contributed by atoms with Crippen molar-refractivity contribution in [3.63, 3.8) is 0 Å². The van der Waals surface area contributed by atoms with Crippen LogP contribution in [0.1, 0.15) is 13.8 Å². The quantitative estimate of drug-likeness (QED) is 0.749. The Morgan fingerprint density at radius 1 is 1.56 bits per heavy atom. The summed E-state index contributed by atoms with van der Waals surface area (Å²) in [6, 6.07) is 1.42. The highest BCUT2D eigenvalue weighted by Gasteiger charge is 2.23. The van der Waals surface area contributed by atoms with Gasteiger partial charge in [-0.3, -0.25) is 4.68 Å². The molecule has 0 atom stereocenters. The molecule has 1 heterocycles. The van der Waals surface area contributed by atoms with Crippen LogP contribution in [0.15, 0.2) is 17.3 Å². The monoisotopic (exact) mass is 247 g/mol. The molecule has 0 saturated carbocycles. The Kier molecular flexibility index (Phi) is 3.72. The Hall–Kier alpha value is -0.920. The second kappa shape index (κ2) is 4.52. The van der Waals surface area contributed by atoms with Gasteiger partial charge in [0.15, 0.2) is 5.03 Å². The predicted molar refractivity (Wildman–Crippen MR) is 59.3 cm³/mol. The lowest BCUT2D eigenvalue weighted by Gasteiger charge is -2.21. The first-order valence-electron chi connectivity index (χ1n) is 4.87. The highest BCUT2D eigenvalue weighted by molar-refractivity contribution is 7.89. The summed E-state index contributed by atoms with van der Waals surface area (Å²) in [7, 11) is -1.99. The van der Waals surface area contributed by atoms with Crippen molar-refractivity contribution in [2.75, 3.05) is 13.2 Å². The molecule has 0 aliphatic rings. The molecule has 0 aromatic carbocycles. The van der Waals surface area contributed by atoms with Crippen molar-refractivity contribution in [2.24, 2.45) is 12.5 Å². The SMILES string of the molecule is Cn1nccc1S(=O)(=O)NCC(C)(C)CO. The standard InChI is InChI=1S/C9H17N3O3S/c1-9(2,7-13)6-11-16(14,15)8-4-5-10-12(8)3/h4-5,11,13H,6-7H2,1-3H3. The smallest absolute Gasteiger partial charge is 0.257 e. The zero-order valence-corrected chi connectivity index (χ0v) is 10.5. The molecule has 7 heteroatoms. The minimum Gasteiger partial charge on any atom is -0.396 e. The number of aromatic nitrogens is 2. The molecule has 1 rings (SSSR count). The lowest BCUT2D eigenvalue weighted by molar-refractivity contribution is 0.163. The molecule has 0 unspecified atom stereocenters. The van der Waals surface area contributed by atoms with Crippen LogP contribution in [-0.4, -0.2) is 36.5 Å². The summed E-state index contributed by atoms with van der Waals surface area (Å²) in [5, 5.41) is 12.9. The van der Waals surface area contributed by atoms with Crippen LogP contribution in [0.5, 0.6) is 0 Å². The first-order valence-corrected chi connectivity index (χ1v) is 6.35. The van der Waals surface area contributed by atoms with Gasteiger partial charge in [-0.05, 0) is 6.07 Å². The van der Waals surface area contributed by atoms with Crippen LogP contribution in [0.4, 0.5) is 0 Å². The maximum atomic E-state index is 11.8. The summed E-state index contributed by atoms with van der Waals surface area (Å²) in [5.74, 6) is 0. The predicted octanol–water partition coefficient (Wildman–Crippen LogP) is -0.283. The van der Waals surface area contributed by atoms with Crippen LogP contribution >= 0.6 is 0 Å². The van der Waals surface area contributed by atoms with E-state index in [0.29, 0.717) is 0 Å². The lowest BCUT2D eigenvalue weighted by Crippen LogP contribution is -2.36. The highest BCUT2D eigenvalue weighted by atomic mass is 32.2. The molecule has 0 radical (unpaired) electrons. The van der Waals surface area contributed by atoms with Gasteiger partial charge in [0.25, 0.3) is 10.0 Å². The van der Waals surface area contributed by atoms with E-state index in [2.05, 4.69) is 9.82 Å². The van der Waals surface area contributed by atoms with Crippen LogP contribution < -0.4 is 4.72 Å². The van der Waals surface area contributed by atoms with Crippen molar-refractivity contribution >= 4 is 10.0 Å². The topological polar surface area (TPSA) is 84.2 Å². The van der Waals surface area contributed by atoms with Gasteiger partial charge in [0.2, 0.25) is 0 Å².